The van der Waals surface area contributed by atoms with Gasteiger partial charge in [-0.25, -0.2) is 9.59 Å². The predicted molar refractivity (Wildman–Crippen MR) is 241 cm³/mol. The average molecular weight is 823 g/mol. The van der Waals surface area contributed by atoms with Crippen molar-refractivity contribution < 1.29 is 19.1 Å². The Kier molecular flexibility index (Phi) is 10.9. The summed E-state index contributed by atoms with van der Waals surface area (Å²) in [7, 11) is 0.788. The first-order chi connectivity index (χ1) is 27.3. The van der Waals surface area contributed by atoms with Gasteiger partial charge in [-0.1, -0.05) is 206 Å². The van der Waals surface area contributed by atoms with Crippen LogP contribution in [0.4, 0.5) is 0 Å². The highest BCUT2D eigenvalue weighted by Gasteiger charge is 2.57. The molecule has 0 spiro atoms. The number of esters is 2. The maximum Gasteiger partial charge on any atom is 0.339 e. The van der Waals surface area contributed by atoms with Crippen LogP contribution in [0.15, 0.2) is 203 Å². The summed E-state index contributed by atoms with van der Waals surface area (Å²) in [5.41, 5.74) is 3.97. The number of hydrogen-bond acceptors (Lipinski definition) is 6. The summed E-state index contributed by atoms with van der Waals surface area (Å²) < 4.78 is 11.4. The fourth-order valence-electron chi connectivity index (χ4n) is 7.91. The number of allylic oxidation sites excluding steroid dienone is 2. The van der Waals surface area contributed by atoms with Crippen molar-refractivity contribution in [3.63, 3.8) is 0 Å². The minimum absolute atomic E-state index is 0.279. The smallest absolute Gasteiger partial charge is 0.339 e. The van der Waals surface area contributed by atoms with Crippen molar-refractivity contribution in [2.75, 3.05) is 14.2 Å². The van der Waals surface area contributed by atoms with Crippen molar-refractivity contribution in [2.24, 2.45) is 5.92 Å². The third kappa shape index (κ3) is 6.26. The van der Waals surface area contributed by atoms with E-state index in [-0.39, 0.29) is 5.57 Å². The molecule has 2 bridgehead atoms. The zero-order valence-electron chi connectivity index (χ0n) is 30.7. The quantitative estimate of drug-likeness (QED) is 0.101. The molecule has 3 heterocycles. The molecule has 0 aromatic heterocycles. The Morgan fingerprint density at radius 3 is 1.04 bits per heavy atom. The first-order valence-electron chi connectivity index (χ1n) is 18.1. The van der Waals surface area contributed by atoms with E-state index in [0.717, 1.165) is 53.6 Å². The highest BCUT2D eigenvalue weighted by atomic mass is 32.4. The van der Waals surface area contributed by atoms with Crippen LogP contribution in [0.25, 0.3) is 11.1 Å². The summed E-state index contributed by atoms with van der Waals surface area (Å²) in [4.78, 5) is 29.4. The number of ether oxygens (including phenoxy) is 2. The molecule has 6 aromatic rings. The Hall–Kier alpha value is -4.79. The first-order valence-corrected chi connectivity index (χ1v) is 25.0. The van der Waals surface area contributed by atoms with Gasteiger partial charge in [0.05, 0.1) is 25.1 Å². The van der Waals surface area contributed by atoms with Gasteiger partial charge in [0.2, 0.25) is 0 Å². The molecule has 6 aromatic carbocycles. The molecule has 0 N–H and O–H groups in total. The first kappa shape index (κ1) is 38.1. The highest BCUT2D eigenvalue weighted by molar-refractivity contribution is 8.31. The standard InChI is InChI=1S/C47H37O4P3S2/c1-50-44(48)42-41-39(33-21-9-3-10-22-33)46(53(55,35-25-13-5-14-26-35)36-27-15-6-16-28-36)52(43(42)45(49)51-2)47(40(41)34-23-11-4-12-24-34)54(56,37-29-17-7-18-30-37)38-31-19-8-20-32-38/h3-32,41H,1-2H3. The van der Waals surface area contributed by atoms with Crippen LogP contribution in [-0.2, 0) is 42.7 Å². The lowest BCUT2D eigenvalue weighted by Gasteiger charge is -2.50. The molecule has 0 radical (unpaired) electrons. The molecule has 0 saturated carbocycles. The van der Waals surface area contributed by atoms with Crippen LogP contribution in [0.5, 0.6) is 0 Å². The van der Waals surface area contributed by atoms with Gasteiger partial charge in [-0.05, 0) is 51.4 Å². The summed E-state index contributed by atoms with van der Waals surface area (Å²) in [5.74, 6) is -1.94. The van der Waals surface area contributed by atoms with Gasteiger partial charge in [-0.3, -0.25) is 0 Å². The summed E-state index contributed by atoms with van der Waals surface area (Å²) >= 11 is 14.6. The summed E-state index contributed by atoms with van der Waals surface area (Å²) in [5, 5.41) is 6.17. The van der Waals surface area contributed by atoms with E-state index >= 15 is 0 Å². The number of carbonyl (C=O) groups excluding carboxylic acids is 2. The van der Waals surface area contributed by atoms with Crippen molar-refractivity contribution in [3.05, 3.63) is 214 Å². The molecule has 0 aliphatic carbocycles. The third-order valence-corrected chi connectivity index (χ3v) is 25.7. The lowest BCUT2D eigenvalue weighted by atomic mass is 9.78. The van der Waals surface area contributed by atoms with Gasteiger partial charge in [0, 0.05) is 28.1 Å². The van der Waals surface area contributed by atoms with E-state index in [9.17, 15) is 9.59 Å². The number of rotatable bonds is 10. The maximum absolute atomic E-state index is 14.8. The van der Waals surface area contributed by atoms with E-state index in [1.165, 1.54) is 14.2 Å². The Balaban J connectivity index is 1.65. The molecule has 0 unspecified atom stereocenters. The predicted octanol–water partition coefficient (Wildman–Crippen LogP) is 9.71. The molecule has 3 aliphatic heterocycles. The van der Waals surface area contributed by atoms with Crippen LogP contribution in [0.3, 0.4) is 0 Å². The monoisotopic (exact) mass is 822 g/mol. The van der Waals surface area contributed by atoms with Crippen molar-refractivity contribution in [3.8, 4) is 0 Å². The zero-order valence-corrected chi connectivity index (χ0v) is 35.0. The van der Waals surface area contributed by atoms with Crippen LogP contribution >= 0.6 is 20.0 Å². The maximum atomic E-state index is 14.8. The Labute approximate surface area is 339 Å². The third-order valence-electron chi connectivity index (χ3n) is 10.3. The highest BCUT2D eigenvalue weighted by Crippen LogP contribution is 2.87. The number of methoxy groups -OCH3 is 2. The molecule has 56 heavy (non-hydrogen) atoms. The molecule has 9 heteroatoms. The molecule has 276 valence electrons. The molecular weight excluding hydrogens is 786 g/mol. The second-order valence-electron chi connectivity index (χ2n) is 13.3. The van der Waals surface area contributed by atoms with E-state index < -0.39 is 37.9 Å². The largest absolute Gasteiger partial charge is 0.466 e. The van der Waals surface area contributed by atoms with Gasteiger partial charge >= 0.3 is 11.9 Å². The fraction of sp³-hybridized carbons (Fsp3) is 0.0638. The summed E-state index contributed by atoms with van der Waals surface area (Å²) in [6, 6.07) is 55.3. The SMILES string of the molecule is COC(=O)C1=C(C(=O)OC)P2C(P(=S)(c3ccccc3)c3ccccc3)=C(c3ccccc3)C1C(c1ccccc1)=C2P(=S)(c1ccccc1)c1ccccc1. The molecule has 3 aliphatic rings. The van der Waals surface area contributed by atoms with Crippen LogP contribution in [0, 0.1) is 5.92 Å². The van der Waals surface area contributed by atoms with Crippen molar-refractivity contribution in [1.82, 2.24) is 0 Å². The van der Waals surface area contributed by atoms with Gasteiger partial charge in [-0.15, -0.1) is 0 Å². The molecule has 9 rings (SSSR count). The van der Waals surface area contributed by atoms with Gasteiger partial charge in [0.1, 0.15) is 0 Å². The Bertz CT molecular complexity index is 2380. The minimum atomic E-state index is -3.04. The van der Waals surface area contributed by atoms with Crippen LogP contribution < -0.4 is 21.2 Å². The van der Waals surface area contributed by atoms with E-state index in [0.29, 0.717) is 5.31 Å². The number of benzene rings is 6. The van der Waals surface area contributed by atoms with E-state index in [1.54, 1.807) is 0 Å². The lowest BCUT2D eigenvalue weighted by Crippen LogP contribution is -2.34. The Morgan fingerprint density at radius 2 is 0.750 bits per heavy atom. The zero-order chi connectivity index (χ0) is 38.9. The van der Waals surface area contributed by atoms with E-state index in [1.807, 2.05) is 109 Å². The molecular formula is C47H37O4P3S2. The van der Waals surface area contributed by atoms with Crippen molar-refractivity contribution in [1.29, 1.82) is 0 Å². The summed E-state index contributed by atoms with van der Waals surface area (Å²) in [6.45, 7) is 0. The molecule has 0 atom stereocenters. The van der Waals surface area contributed by atoms with Gasteiger partial charge < -0.3 is 9.47 Å². The normalized spacial score (nSPS) is 16.8. The summed E-state index contributed by atoms with van der Waals surface area (Å²) in [6.07, 6.45) is 0. The van der Waals surface area contributed by atoms with Crippen LogP contribution in [0.1, 0.15) is 11.1 Å². The minimum Gasteiger partial charge on any atom is -0.466 e. The topological polar surface area (TPSA) is 52.6 Å². The molecule has 4 nitrogen and oxygen atoms in total. The van der Waals surface area contributed by atoms with Crippen LogP contribution in [0.2, 0.25) is 0 Å². The van der Waals surface area contributed by atoms with Gasteiger partial charge in [-0.2, -0.15) is 0 Å². The molecule has 0 amide bonds. The van der Waals surface area contributed by atoms with Gasteiger partial charge in [0.15, 0.2) is 0 Å². The van der Waals surface area contributed by atoms with Gasteiger partial charge in [0.25, 0.3) is 0 Å². The second kappa shape index (κ2) is 16.0. The Morgan fingerprint density at radius 1 is 0.464 bits per heavy atom. The van der Waals surface area contributed by atoms with E-state index in [4.69, 9.17) is 33.1 Å². The number of hydrogen-bond donors (Lipinski definition) is 0. The second-order valence-corrected chi connectivity index (χ2v) is 24.7. The molecule has 0 saturated heterocycles. The average Bonchev–Trinajstić information content (AvgIpc) is 3.28. The number of carbonyl (C=O) groups is 2. The van der Waals surface area contributed by atoms with E-state index in [2.05, 4.69) is 72.8 Å². The van der Waals surface area contributed by atoms with Crippen molar-refractivity contribution in [2.45, 2.75) is 0 Å². The van der Waals surface area contributed by atoms with Crippen molar-refractivity contribution >= 4 is 87.9 Å². The lowest BCUT2D eigenvalue weighted by molar-refractivity contribution is -0.139. The van der Waals surface area contributed by atoms with Crippen LogP contribution in [-0.4, -0.2) is 26.2 Å². The fourth-order valence-corrected chi connectivity index (χ4v) is 24.0. The molecule has 0 fully saturated rings.